The zero-order valence-corrected chi connectivity index (χ0v) is 17.6. The van der Waals surface area contributed by atoms with Crippen molar-refractivity contribution in [2.75, 3.05) is 44.4 Å². The molecule has 1 aromatic heterocycles. The Kier molecular flexibility index (Phi) is 6.47. The van der Waals surface area contributed by atoms with E-state index in [0.717, 1.165) is 24.5 Å². The molecule has 2 saturated heterocycles. The first-order valence-electron chi connectivity index (χ1n) is 10.8. The summed E-state index contributed by atoms with van der Waals surface area (Å²) in [7, 11) is 0. The maximum atomic E-state index is 13.2. The number of aryl methyl sites for hydroxylation is 1. The summed E-state index contributed by atoms with van der Waals surface area (Å²) in [6.45, 7) is 5.91. The van der Waals surface area contributed by atoms with Gasteiger partial charge in [-0.15, -0.1) is 0 Å². The van der Waals surface area contributed by atoms with Crippen molar-refractivity contribution in [2.24, 2.45) is 0 Å². The molecule has 0 bridgehead atoms. The van der Waals surface area contributed by atoms with E-state index in [1.54, 1.807) is 0 Å². The van der Waals surface area contributed by atoms with Gasteiger partial charge in [-0.05, 0) is 38.2 Å². The second-order valence-corrected chi connectivity index (χ2v) is 7.97. The molecule has 7 nitrogen and oxygen atoms in total. The average molecular weight is 411 g/mol. The fraction of sp³-hybridized carbons (Fsp3) is 0.522. The van der Waals surface area contributed by atoms with Crippen LogP contribution in [0.4, 0.5) is 5.82 Å². The Bertz CT molecular complexity index is 847. The van der Waals surface area contributed by atoms with Crippen LogP contribution in [0.5, 0.6) is 5.88 Å². The molecule has 2 aliphatic rings. The third-order valence-electron chi connectivity index (χ3n) is 5.98. The lowest BCUT2D eigenvalue weighted by atomic mass is 9.73. The summed E-state index contributed by atoms with van der Waals surface area (Å²) in [5, 5.41) is 3.07. The third kappa shape index (κ3) is 4.56. The monoisotopic (exact) mass is 410 g/mol. The molecule has 0 aliphatic carbocycles. The van der Waals surface area contributed by atoms with E-state index < -0.39 is 5.41 Å². The van der Waals surface area contributed by atoms with Crippen LogP contribution in [-0.4, -0.2) is 55.3 Å². The van der Waals surface area contributed by atoms with Crippen molar-refractivity contribution in [1.29, 1.82) is 0 Å². The number of hydrogen-bond acceptors (Lipinski definition) is 6. The van der Waals surface area contributed by atoms with E-state index in [1.807, 2.05) is 43.3 Å². The minimum absolute atomic E-state index is 0.0391. The van der Waals surface area contributed by atoms with E-state index in [0.29, 0.717) is 50.9 Å². The number of nitrogens with one attached hydrogen (secondary N) is 1. The van der Waals surface area contributed by atoms with Gasteiger partial charge >= 0.3 is 0 Å². The molecule has 0 saturated carbocycles. The Balaban J connectivity index is 1.35. The van der Waals surface area contributed by atoms with Crippen LogP contribution < -0.4 is 15.0 Å². The first-order chi connectivity index (χ1) is 14.7. The molecular weight excluding hydrogens is 380 g/mol. The van der Waals surface area contributed by atoms with Gasteiger partial charge < -0.3 is 19.7 Å². The van der Waals surface area contributed by atoms with Gasteiger partial charge in [0, 0.05) is 32.4 Å². The highest BCUT2D eigenvalue weighted by molar-refractivity contribution is 5.88. The van der Waals surface area contributed by atoms with E-state index in [2.05, 4.69) is 20.2 Å². The molecule has 1 amide bonds. The second kappa shape index (κ2) is 9.43. The van der Waals surface area contributed by atoms with E-state index in [4.69, 9.17) is 9.47 Å². The van der Waals surface area contributed by atoms with Crippen LogP contribution in [-0.2, 0) is 14.9 Å². The van der Waals surface area contributed by atoms with E-state index >= 15 is 0 Å². The van der Waals surface area contributed by atoms with Crippen molar-refractivity contribution in [2.45, 2.75) is 38.0 Å². The Hall–Kier alpha value is -2.67. The minimum atomic E-state index is -0.534. The summed E-state index contributed by atoms with van der Waals surface area (Å²) in [5.41, 5.74) is 0.516. The van der Waals surface area contributed by atoms with Gasteiger partial charge in [0.1, 0.15) is 18.2 Å². The van der Waals surface area contributed by atoms with Crippen molar-refractivity contribution in [3.05, 3.63) is 47.8 Å². The van der Waals surface area contributed by atoms with Crippen LogP contribution in [0.15, 0.2) is 36.4 Å². The van der Waals surface area contributed by atoms with Crippen LogP contribution >= 0.6 is 0 Å². The zero-order valence-electron chi connectivity index (χ0n) is 17.6. The largest absolute Gasteiger partial charge is 0.476 e. The number of aromatic nitrogens is 2. The second-order valence-electron chi connectivity index (χ2n) is 7.97. The van der Waals surface area contributed by atoms with Crippen molar-refractivity contribution in [3.63, 3.8) is 0 Å². The Morgan fingerprint density at radius 2 is 1.90 bits per heavy atom. The number of rotatable bonds is 7. The van der Waals surface area contributed by atoms with Gasteiger partial charge in [0.25, 0.3) is 0 Å². The Morgan fingerprint density at radius 1 is 1.17 bits per heavy atom. The Morgan fingerprint density at radius 3 is 2.63 bits per heavy atom. The molecule has 0 spiro atoms. The Labute approximate surface area is 177 Å². The van der Waals surface area contributed by atoms with Gasteiger partial charge in [0.05, 0.1) is 12.0 Å². The summed E-state index contributed by atoms with van der Waals surface area (Å²) >= 11 is 0. The molecule has 1 aromatic carbocycles. The first-order valence-corrected chi connectivity index (χ1v) is 10.8. The molecule has 30 heavy (non-hydrogen) atoms. The highest BCUT2D eigenvalue weighted by atomic mass is 16.5. The maximum absolute atomic E-state index is 13.2. The first kappa shape index (κ1) is 20.6. The molecule has 4 rings (SSSR count). The smallest absolute Gasteiger partial charge is 0.230 e. The van der Waals surface area contributed by atoms with Crippen molar-refractivity contribution < 1.29 is 14.3 Å². The van der Waals surface area contributed by atoms with Crippen LogP contribution in [0.25, 0.3) is 0 Å². The highest BCUT2D eigenvalue weighted by Gasteiger charge is 2.41. The van der Waals surface area contributed by atoms with Crippen LogP contribution in [0.3, 0.4) is 0 Å². The van der Waals surface area contributed by atoms with Gasteiger partial charge in [-0.25, -0.2) is 4.98 Å². The van der Waals surface area contributed by atoms with E-state index in [1.165, 1.54) is 12.8 Å². The summed E-state index contributed by atoms with van der Waals surface area (Å²) in [5.74, 6) is 2.22. The van der Waals surface area contributed by atoms with Gasteiger partial charge in [-0.3, -0.25) is 4.79 Å². The third-order valence-corrected chi connectivity index (χ3v) is 5.98. The molecule has 2 aliphatic heterocycles. The number of amides is 1. The van der Waals surface area contributed by atoms with Crippen LogP contribution in [0.1, 0.15) is 37.1 Å². The summed E-state index contributed by atoms with van der Waals surface area (Å²) < 4.78 is 11.4. The van der Waals surface area contributed by atoms with Gasteiger partial charge in [0.2, 0.25) is 11.8 Å². The highest BCUT2D eigenvalue weighted by Crippen LogP contribution is 2.35. The maximum Gasteiger partial charge on any atom is 0.230 e. The van der Waals surface area contributed by atoms with Gasteiger partial charge in [-0.2, -0.15) is 4.98 Å². The number of nitrogens with zero attached hydrogens (tertiary/aromatic N) is 3. The lowest BCUT2D eigenvalue weighted by Crippen LogP contribution is -2.48. The van der Waals surface area contributed by atoms with E-state index in [-0.39, 0.29) is 5.91 Å². The average Bonchev–Trinajstić information content (AvgIpc) is 3.32. The SMILES string of the molecule is Cc1nc(OCCNC(=O)C2(c3ccccc3)CCOCC2)cc(N2CCCC2)n1. The summed E-state index contributed by atoms with van der Waals surface area (Å²) in [4.78, 5) is 24.3. The number of benzene rings is 1. The molecule has 3 heterocycles. The number of anilines is 1. The summed E-state index contributed by atoms with van der Waals surface area (Å²) in [6.07, 6.45) is 3.76. The van der Waals surface area contributed by atoms with Crippen molar-refractivity contribution in [3.8, 4) is 5.88 Å². The molecule has 160 valence electrons. The quantitative estimate of drug-likeness (QED) is 0.707. The number of carbonyl (C=O) groups is 1. The fourth-order valence-electron chi connectivity index (χ4n) is 4.32. The molecule has 0 unspecified atom stereocenters. The molecular formula is C23H30N4O3. The topological polar surface area (TPSA) is 76.6 Å². The molecule has 2 fully saturated rings. The lowest BCUT2D eigenvalue weighted by Gasteiger charge is -2.36. The molecule has 7 heteroatoms. The normalized spacial score (nSPS) is 18.2. The standard InChI is InChI=1S/C23H30N4O3/c1-18-25-20(27-12-5-6-13-27)17-21(26-18)30-16-11-24-22(28)23(9-14-29-15-10-23)19-7-3-2-4-8-19/h2-4,7-8,17H,5-6,9-16H2,1H3,(H,24,28). The molecule has 2 aromatic rings. The van der Waals surface area contributed by atoms with Crippen LogP contribution in [0.2, 0.25) is 0 Å². The molecule has 0 radical (unpaired) electrons. The predicted octanol–water partition coefficient (Wildman–Crippen LogP) is 2.63. The fourth-order valence-corrected chi connectivity index (χ4v) is 4.32. The lowest BCUT2D eigenvalue weighted by molar-refractivity contribution is -0.130. The summed E-state index contributed by atoms with van der Waals surface area (Å²) in [6, 6.07) is 11.9. The zero-order chi connectivity index (χ0) is 20.8. The number of hydrogen-bond donors (Lipinski definition) is 1. The number of ether oxygens (including phenoxy) is 2. The minimum Gasteiger partial charge on any atom is -0.476 e. The van der Waals surface area contributed by atoms with E-state index in [9.17, 15) is 4.79 Å². The molecule has 1 N–H and O–H groups in total. The van der Waals surface area contributed by atoms with Crippen molar-refractivity contribution in [1.82, 2.24) is 15.3 Å². The number of carbonyl (C=O) groups excluding carboxylic acids is 1. The van der Waals surface area contributed by atoms with Gasteiger partial charge in [-0.1, -0.05) is 30.3 Å². The molecule has 0 atom stereocenters. The predicted molar refractivity (Wildman–Crippen MR) is 115 cm³/mol. The van der Waals surface area contributed by atoms with Gasteiger partial charge in [0.15, 0.2) is 0 Å². The van der Waals surface area contributed by atoms with Crippen molar-refractivity contribution >= 4 is 11.7 Å². The van der Waals surface area contributed by atoms with Crippen LogP contribution in [0, 0.1) is 6.92 Å².